The van der Waals surface area contributed by atoms with Crippen molar-refractivity contribution in [2.45, 2.75) is 38.3 Å². The number of anilines is 1. The molecule has 0 amide bonds. The van der Waals surface area contributed by atoms with Gasteiger partial charge in [-0.05, 0) is 19.9 Å². The number of nitrogens with zero attached hydrogens (tertiary/aromatic N) is 3. The molecule has 0 saturated heterocycles. The van der Waals surface area contributed by atoms with Crippen LogP contribution >= 0.6 is 11.3 Å². The summed E-state index contributed by atoms with van der Waals surface area (Å²) >= 11 is 1.49. The second-order valence-corrected chi connectivity index (χ2v) is 4.98. The van der Waals surface area contributed by atoms with E-state index >= 15 is 0 Å². The van der Waals surface area contributed by atoms with Gasteiger partial charge in [-0.15, -0.1) is 10.2 Å². The first-order valence-corrected chi connectivity index (χ1v) is 5.85. The minimum atomic E-state index is 0.569. The van der Waals surface area contributed by atoms with E-state index in [1.807, 2.05) is 0 Å². The predicted molar refractivity (Wildman–Crippen MR) is 58.0 cm³/mol. The van der Waals surface area contributed by atoms with Crippen LogP contribution in [0.1, 0.15) is 30.7 Å². The Balaban J connectivity index is 1.90. The fourth-order valence-corrected chi connectivity index (χ4v) is 2.69. The van der Waals surface area contributed by atoms with Crippen molar-refractivity contribution < 1.29 is 0 Å². The first-order valence-electron chi connectivity index (χ1n) is 5.04. The van der Waals surface area contributed by atoms with Gasteiger partial charge in [-0.25, -0.2) is 0 Å². The van der Waals surface area contributed by atoms with Crippen LogP contribution in [0.15, 0.2) is 0 Å². The summed E-state index contributed by atoms with van der Waals surface area (Å²) in [6.07, 6.45) is 5.39. The van der Waals surface area contributed by atoms with Crippen molar-refractivity contribution in [3.63, 3.8) is 0 Å². The number of hydrogen-bond acceptors (Lipinski definition) is 5. The van der Waals surface area contributed by atoms with E-state index in [1.165, 1.54) is 37.0 Å². The summed E-state index contributed by atoms with van der Waals surface area (Å²) in [5.74, 6) is 0. The molecule has 0 spiro atoms. The molecule has 2 N–H and O–H groups in total. The number of rotatable bonds is 3. The average molecular weight is 212 g/mol. The smallest absolute Gasteiger partial charge is 0.203 e. The van der Waals surface area contributed by atoms with Crippen molar-refractivity contribution in [3.8, 4) is 0 Å². The van der Waals surface area contributed by atoms with E-state index in [1.54, 1.807) is 0 Å². The van der Waals surface area contributed by atoms with Gasteiger partial charge in [-0.3, -0.25) is 4.90 Å². The lowest BCUT2D eigenvalue weighted by Gasteiger charge is -2.22. The van der Waals surface area contributed by atoms with Crippen molar-refractivity contribution in [2.24, 2.45) is 0 Å². The quantitative estimate of drug-likeness (QED) is 0.825. The lowest BCUT2D eigenvalue weighted by molar-refractivity contribution is 0.236. The van der Waals surface area contributed by atoms with Crippen LogP contribution in [0, 0.1) is 0 Å². The lowest BCUT2D eigenvalue weighted by Crippen LogP contribution is -2.28. The van der Waals surface area contributed by atoms with Gasteiger partial charge >= 0.3 is 0 Å². The zero-order valence-electron chi connectivity index (χ0n) is 8.44. The van der Waals surface area contributed by atoms with Gasteiger partial charge in [0.15, 0.2) is 0 Å². The van der Waals surface area contributed by atoms with Gasteiger partial charge in [-0.1, -0.05) is 24.2 Å². The Morgan fingerprint density at radius 3 is 2.71 bits per heavy atom. The van der Waals surface area contributed by atoms with Crippen LogP contribution < -0.4 is 5.73 Å². The molecule has 1 aromatic rings. The van der Waals surface area contributed by atoms with E-state index in [9.17, 15) is 0 Å². The normalized spacial score (nSPS) is 18.1. The highest BCUT2D eigenvalue weighted by atomic mass is 32.1. The Morgan fingerprint density at radius 1 is 1.43 bits per heavy atom. The third-order valence-corrected chi connectivity index (χ3v) is 3.55. The molecule has 0 atom stereocenters. The molecular weight excluding hydrogens is 196 g/mol. The second kappa shape index (κ2) is 4.23. The van der Waals surface area contributed by atoms with Crippen LogP contribution in [0.3, 0.4) is 0 Å². The molecule has 14 heavy (non-hydrogen) atoms. The average Bonchev–Trinajstić information content (AvgIpc) is 2.75. The van der Waals surface area contributed by atoms with Crippen LogP contribution in [0.4, 0.5) is 5.13 Å². The van der Waals surface area contributed by atoms with E-state index < -0.39 is 0 Å². The molecule has 1 aliphatic carbocycles. The maximum Gasteiger partial charge on any atom is 0.203 e. The molecule has 1 aromatic heterocycles. The van der Waals surface area contributed by atoms with Gasteiger partial charge in [0, 0.05) is 6.04 Å². The summed E-state index contributed by atoms with van der Waals surface area (Å²) in [5, 5.41) is 9.44. The highest BCUT2D eigenvalue weighted by molar-refractivity contribution is 7.15. The Kier molecular flexibility index (Phi) is 2.98. The van der Waals surface area contributed by atoms with Gasteiger partial charge in [0.05, 0.1) is 6.54 Å². The first kappa shape index (κ1) is 9.86. The molecule has 78 valence electrons. The largest absolute Gasteiger partial charge is 0.374 e. The Hall–Kier alpha value is -0.680. The fourth-order valence-electron chi connectivity index (χ4n) is 2.02. The van der Waals surface area contributed by atoms with E-state index in [4.69, 9.17) is 5.73 Å². The maximum absolute atomic E-state index is 5.53. The third-order valence-electron chi connectivity index (χ3n) is 2.82. The van der Waals surface area contributed by atoms with Crippen molar-refractivity contribution in [2.75, 3.05) is 12.8 Å². The summed E-state index contributed by atoms with van der Waals surface area (Å²) in [4.78, 5) is 2.37. The molecule has 4 nitrogen and oxygen atoms in total. The van der Waals surface area contributed by atoms with E-state index in [-0.39, 0.29) is 0 Å². The lowest BCUT2D eigenvalue weighted by atomic mass is 10.2. The van der Waals surface area contributed by atoms with Crippen LogP contribution in [0.2, 0.25) is 0 Å². The van der Waals surface area contributed by atoms with Crippen LogP contribution in [-0.4, -0.2) is 28.2 Å². The fraction of sp³-hybridized carbons (Fsp3) is 0.778. The molecule has 1 heterocycles. The standard InChI is InChI=1S/C9H16N4S/c1-13(7-4-2-3-5-7)6-8-11-12-9(10)14-8/h7H,2-6H2,1H3,(H2,10,12). The number of aromatic nitrogens is 2. The highest BCUT2D eigenvalue weighted by Crippen LogP contribution is 2.24. The molecule has 1 aliphatic rings. The monoisotopic (exact) mass is 212 g/mol. The number of hydrogen-bond donors (Lipinski definition) is 1. The van der Waals surface area contributed by atoms with Crippen LogP contribution in [0.5, 0.6) is 0 Å². The van der Waals surface area contributed by atoms with Crippen molar-refractivity contribution in [1.29, 1.82) is 0 Å². The summed E-state index contributed by atoms with van der Waals surface area (Å²) in [7, 11) is 2.16. The van der Waals surface area contributed by atoms with Crippen LogP contribution in [-0.2, 0) is 6.54 Å². The molecule has 0 unspecified atom stereocenters. The van der Waals surface area contributed by atoms with Crippen molar-refractivity contribution >= 4 is 16.5 Å². The van der Waals surface area contributed by atoms with Gasteiger partial charge < -0.3 is 5.73 Å². The molecule has 2 rings (SSSR count). The molecule has 0 radical (unpaired) electrons. The maximum atomic E-state index is 5.53. The minimum Gasteiger partial charge on any atom is -0.374 e. The molecular formula is C9H16N4S. The Labute approximate surface area is 88.1 Å². The molecule has 5 heteroatoms. The Morgan fingerprint density at radius 2 is 2.14 bits per heavy atom. The third kappa shape index (κ3) is 2.22. The van der Waals surface area contributed by atoms with Gasteiger partial charge in [-0.2, -0.15) is 0 Å². The van der Waals surface area contributed by atoms with Gasteiger partial charge in [0.1, 0.15) is 5.01 Å². The summed E-state index contributed by atoms with van der Waals surface area (Å²) in [6, 6.07) is 0.736. The second-order valence-electron chi connectivity index (χ2n) is 3.89. The molecule has 0 aromatic carbocycles. The predicted octanol–water partition coefficient (Wildman–Crippen LogP) is 1.49. The van der Waals surface area contributed by atoms with Gasteiger partial charge in [0.2, 0.25) is 5.13 Å². The molecule has 1 fully saturated rings. The SMILES string of the molecule is CN(Cc1nnc(N)s1)C1CCCC1. The summed E-state index contributed by atoms with van der Waals surface area (Å²) in [5.41, 5.74) is 5.53. The van der Waals surface area contributed by atoms with Crippen molar-refractivity contribution in [3.05, 3.63) is 5.01 Å². The number of nitrogens with two attached hydrogens (primary N) is 1. The van der Waals surface area contributed by atoms with E-state index in [2.05, 4.69) is 22.1 Å². The summed E-state index contributed by atoms with van der Waals surface area (Å²) in [6.45, 7) is 0.888. The van der Waals surface area contributed by atoms with Crippen LogP contribution in [0.25, 0.3) is 0 Å². The number of nitrogen functional groups attached to an aromatic ring is 1. The van der Waals surface area contributed by atoms with Gasteiger partial charge in [0.25, 0.3) is 0 Å². The Bertz CT molecular complexity index is 293. The first-order chi connectivity index (χ1) is 6.75. The minimum absolute atomic E-state index is 0.569. The zero-order valence-corrected chi connectivity index (χ0v) is 9.26. The summed E-state index contributed by atoms with van der Waals surface area (Å²) < 4.78 is 0. The molecule has 0 aliphatic heterocycles. The van der Waals surface area contributed by atoms with E-state index in [0.29, 0.717) is 5.13 Å². The molecule has 0 bridgehead atoms. The highest BCUT2D eigenvalue weighted by Gasteiger charge is 2.20. The van der Waals surface area contributed by atoms with Crippen molar-refractivity contribution in [1.82, 2.24) is 15.1 Å². The molecule has 1 saturated carbocycles. The zero-order chi connectivity index (χ0) is 9.97. The topological polar surface area (TPSA) is 55.0 Å². The van der Waals surface area contributed by atoms with E-state index in [0.717, 1.165) is 17.6 Å².